The molecule has 0 saturated carbocycles. The van der Waals surface area contributed by atoms with E-state index in [9.17, 15) is 14.6 Å². The molecular formula is C20H23FN10O9P2S2. The summed E-state index contributed by atoms with van der Waals surface area (Å²) in [5, 5.41) is 11.1. The van der Waals surface area contributed by atoms with Crippen LogP contribution < -0.4 is 11.5 Å². The Morgan fingerprint density at radius 1 is 0.886 bits per heavy atom. The molecule has 10 atom stereocenters. The second-order valence-corrected chi connectivity index (χ2v) is 15.6. The fourth-order valence-corrected chi connectivity index (χ4v) is 8.08. The smallest absolute Gasteiger partial charge is 0.386 e. The van der Waals surface area contributed by atoms with E-state index in [2.05, 4.69) is 42.2 Å². The Labute approximate surface area is 256 Å². The van der Waals surface area contributed by atoms with Crippen LogP contribution in [0.4, 0.5) is 16.0 Å². The van der Waals surface area contributed by atoms with Gasteiger partial charge in [-0.1, -0.05) is 12.2 Å². The van der Waals surface area contributed by atoms with E-state index in [1.165, 1.54) is 34.4 Å². The van der Waals surface area contributed by atoms with Gasteiger partial charge in [0.25, 0.3) is 0 Å². The highest BCUT2D eigenvalue weighted by molar-refractivity contribution is 8.44. The molecule has 0 amide bonds. The Morgan fingerprint density at radius 2 is 1.45 bits per heavy atom. The lowest BCUT2D eigenvalue weighted by Crippen LogP contribution is -2.35. The van der Waals surface area contributed by atoms with Gasteiger partial charge in [0.2, 0.25) is 0 Å². The van der Waals surface area contributed by atoms with Crippen LogP contribution >= 0.6 is 25.8 Å². The van der Waals surface area contributed by atoms with Gasteiger partial charge in [-0.2, -0.15) is 0 Å². The van der Waals surface area contributed by atoms with Gasteiger partial charge in [0.05, 0.1) is 25.9 Å². The van der Waals surface area contributed by atoms with Gasteiger partial charge in [-0.15, -0.1) is 0 Å². The van der Waals surface area contributed by atoms with Crippen LogP contribution in [0, 0.1) is 0 Å². The van der Waals surface area contributed by atoms with Crippen LogP contribution in [0.1, 0.15) is 12.5 Å². The van der Waals surface area contributed by atoms with Crippen LogP contribution in [0.5, 0.6) is 0 Å². The summed E-state index contributed by atoms with van der Waals surface area (Å²) in [4.78, 5) is 35.4. The van der Waals surface area contributed by atoms with Crippen molar-refractivity contribution >= 4 is 71.5 Å². The summed E-state index contributed by atoms with van der Waals surface area (Å²) in [7, 11) is 0. The molecule has 236 valence electrons. The summed E-state index contributed by atoms with van der Waals surface area (Å²) in [6, 6.07) is 0. The number of nitrogen functional groups attached to an aromatic ring is 2. The minimum absolute atomic E-state index is 0.0626. The van der Waals surface area contributed by atoms with Crippen molar-refractivity contribution < 1.29 is 46.5 Å². The maximum absolute atomic E-state index is 16.0. The standard InChI is InChI=1S/C20H23FN10O9P2S2/c21-9-13-8(38-19(9)30-5-28-10-15(22)24-3-26-17(10)30)2-36-42(34,44)40-14-12(32)7(1-35-41(33,43)39-13)37-20(14)31-6-29-11-16(23)25-4-27-18(11)31/h3-9,12-14,19-20,32H,1-2H2,(H,33,43)(H,34,44)(H2,22,24,26)(H2,23,25,27)/t7?,8-,9-,12-,13-,14-,19-,20-,41?,42?/m1/s1. The number of hydrogen-bond donors (Lipinski definition) is 5. The number of anilines is 2. The number of hydrogen-bond acceptors (Lipinski definition) is 17. The number of nitrogens with two attached hydrogens (primary N) is 2. The SMILES string of the molecule is Nc1ncnc2c1ncn2[C@@H]1O[C@@H]2COP(O)(=S)O[C@@H]3[C@H](O)C(COP(=O)(S)O[C@H]2[C@H]1F)O[C@H]3n1cnc2c(N)ncnc21. The molecule has 0 aromatic carbocycles. The van der Waals surface area contributed by atoms with Crippen LogP contribution in [0.15, 0.2) is 25.3 Å². The molecule has 19 nitrogen and oxygen atoms in total. The van der Waals surface area contributed by atoms with Crippen molar-refractivity contribution in [3.63, 3.8) is 0 Å². The van der Waals surface area contributed by atoms with Crippen molar-refractivity contribution in [2.24, 2.45) is 0 Å². The van der Waals surface area contributed by atoms with E-state index in [0.29, 0.717) is 0 Å². The lowest BCUT2D eigenvalue weighted by atomic mass is 10.1. The third-order valence-corrected chi connectivity index (χ3v) is 10.4. The van der Waals surface area contributed by atoms with Gasteiger partial charge in [0.15, 0.2) is 41.6 Å². The molecule has 0 radical (unpaired) electrons. The summed E-state index contributed by atoms with van der Waals surface area (Å²) in [5.74, 6) is 0.151. The number of rotatable bonds is 2. The van der Waals surface area contributed by atoms with E-state index in [-0.39, 0.29) is 34.0 Å². The maximum atomic E-state index is 16.0. The van der Waals surface area contributed by atoms with Crippen molar-refractivity contribution in [2.45, 2.75) is 49.1 Å². The average molecular weight is 693 g/mol. The number of imidazole rings is 2. The fourth-order valence-electron chi connectivity index (χ4n) is 5.19. The molecule has 4 aromatic rings. The average Bonchev–Trinajstić information content (AvgIpc) is 3.73. The molecule has 3 fully saturated rings. The number of ether oxygens (including phenoxy) is 2. The quantitative estimate of drug-likeness (QED) is 0.141. The predicted molar refractivity (Wildman–Crippen MR) is 153 cm³/mol. The highest BCUT2D eigenvalue weighted by Gasteiger charge is 2.53. The first kappa shape index (κ1) is 30.2. The minimum atomic E-state index is -4.35. The Kier molecular flexibility index (Phi) is 7.63. The largest absolute Gasteiger partial charge is 0.387 e. The molecule has 3 aliphatic rings. The van der Waals surface area contributed by atoms with Crippen LogP contribution in [0.3, 0.4) is 0 Å². The summed E-state index contributed by atoms with van der Waals surface area (Å²) in [6.45, 7) is -9.72. The Hall–Kier alpha value is -2.46. The fraction of sp³-hybridized carbons (Fsp3) is 0.500. The maximum Gasteiger partial charge on any atom is 0.386 e. The highest BCUT2D eigenvalue weighted by atomic mass is 32.7. The zero-order valence-electron chi connectivity index (χ0n) is 22.0. The molecule has 2 bridgehead atoms. The molecule has 44 heavy (non-hydrogen) atoms. The number of alkyl halides is 1. The molecule has 4 aromatic heterocycles. The normalized spacial score (nSPS) is 38.3. The second kappa shape index (κ2) is 11.1. The second-order valence-electron chi connectivity index (χ2n) is 9.90. The number of aromatic nitrogens is 8. The number of aliphatic hydroxyl groups is 1. The Bertz CT molecular complexity index is 1840. The van der Waals surface area contributed by atoms with Crippen LogP contribution in [0.25, 0.3) is 22.3 Å². The predicted octanol–water partition coefficient (Wildman–Crippen LogP) is 0.396. The molecule has 0 aliphatic carbocycles. The Balaban J connectivity index is 1.20. The minimum Gasteiger partial charge on any atom is -0.387 e. The van der Waals surface area contributed by atoms with Gasteiger partial charge in [-0.25, -0.2) is 38.9 Å². The number of aliphatic hydroxyl groups excluding tert-OH is 1. The van der Waals surface area contributed by atoms with Gasteiger partial charge >= 0.3 is 13.5 Å². The molecule has 3 aliphatic heterocycles. The van der Waals surface area contributed by atoms with Crippen molar-refractivity contribution in [3.05, 3.63) is 25.3 Å². The van der Waals surface area contributed by atoms with E-state index in [0.717, 1.165) is 0 Å². The molecular weight excluding hydrogens is 669 g/mol. The third-order valence-electron chi connectivity index (χ3n) is 7.22. The number of nitrogens with zero attached hydrogens (tertiary/aromatic N) is 8. The molecule has 7 heterocycles. The number of thiol groups is 1. The Morgan fingerprint density at radius 3 is 2.09 bits per heavy atom. The van der Waals surface area contributed by atoms with Gasteiger partial charge < -0.3 is 35.5 Å². The van der Waals surface area contributed by atoms with E-state index in [1.54, 1.807) is 0 Å². The van der Waals surface area contributed by atoms with E-state index < -0.39 is 75.9 Å². The highest BCUT2D eigenvalue weighted by Crippen LogP contribution is 2.58. The first-order valence-corrected chi connectivity index (χ1v) is 18.0. The van der Waals surface area contributed by atoms with Crippen LogP contribution in [-0.4, -0.2) is 98.9 Å². The summed E-state index contributed by atoms with van der Waals surface area (Å²) in [6.07, 6.45) is -6.71. The molecule has 3 unspecified atom stereocenters. The lowest BCUT2D eigenvalue weighted by Gasteiger charge is -2.27. The molecule has 6 N–H and O–H groups in total. The molecule has 0 spiro atoms. The van der Waals surface area contributed by atoms with E-state index >= 15 is 4.39 Å². The number of fused-ring (bicyclic) bond motifs is 5. The first-order chi connectivity index (χ1) is 20.9. The zero-order valence-corrected chi connectivity index (χ0v) is 25.5. The van der Waals surface area contributed by atoms with E-state index in [1.807, 2.05) is 0 Å². The molecule has 24 heteroatoms. The van der Waals surface area contributed by atoms with Gasteiger partial charge in [0, 0.05) is 0 Å². The van der Waals surface area contributed by atoms with Gasteiger partial charge in [0.1, 0.15) is 54.2 Å². The molecule has 7 rings (SSSR count). The van der Waals surface area contributed by atoms with Crippen molar-refractivity contribution in [1.29, 1.82) is 0 Å². The molecule has 3 saturated heterocycles. The van der Waals surface area contributed by atoms with Gasteiger partial charge in [-0.3, -0.25) is 22.7 Å². The monoisotopic (exact) mass is 692 g/mol. The summed E-state index contributed by atoms with van der Waals surface area (Å²) < 4.78 is 66.1. The van der Waals surface area contributed by atoms with E-state index in [4.69, 9.17) is 50.8 Å². The summed E-state index contributed by atoms with van der Waals surface area (Å²) >= 11 is 9.26. The van der Waals surface area contributed by atoms with Crippen molar-refractivity contribution in [1.82, 2.24) is 39.0 Å². The van der Waals surface area contributed by atoms with Crippen molar-refractivity contribution in [2.75, 3.05) is 24.7 Å². The lowest BCUT2D eigenvalue weighted by molar-refractivity contribution is -0.0587. The van der Waals surface area contributed by atoms with Gasteiger partial charge in [-0.05, 0) is 11.8 Å². The first-order valence-electron chi connectivity index (χ1n) is 12.7. The number of halogens is 1. The topological polar surface area (TPSA) is 252 Å². The van der Waals surface area contributed by atoms with Crippen LogP contribution in [-0.2, 0) is 43.9 Å². The summed E-state index contributed by atoms with van der Waals surface area (Å²) in [5.41, 5.74) is 12.6. The van der Waals surface area contributed by atoms with Crippen LogP contribution in [0.2, 0.25) is 0 Å². The third kappa shape index (κ3) is 5.27. The zero-order chi connectivity index (χ0) is 31.0. The van der Waals surface area contributed by atoms with Crippen molar-refractivity contribution in [3.8, 4) is 0 Å².